The fraction of sp³-hybridized carbons (Fsp3) is 0.222. The third-order valence-electron chi connectivity index (χ3n) is 1.87. The summed E-state index contributed by atoms with van der Waals surface area (Å²) in [6, 6.07) is 0. The number of halogens is 1. The van der Waals surface area contributed by atoms with Crippen molar-refractivity contribution in [2.24, 2.45) is 5.73 Å². The van der Waals surface area contributed by atoms with Gasteiger partial charge >= 0.3 is 0 Å². The highest BCUT2D eigenvalue weighted by Crippen LogP contribution is 2.32. The van der Waals surface area contributed by atoms with Gasteiger partial charge in [-0.15, -0.1) is 11.6 Å². The van der Waals surface area contributed by atoms with Gasteiger partial charge in [-0.1, -0.05) is 24.3 Å². The van der Waals surface area contributed by atoms with Gasteiger partial charge in [-0.25, -0.2) is 5.06 Å². The lowest BCUT2D eigenvalue weighted by molar-refractivity contribution is 0.0110. The summed E-state index contributed by atoms with van der Waals surface area (Å²) in [7, 11) is 1.28. The number of guanidine groups is 1. The molecule has 0 saturated carbocycles. The first-order valence-electron chi connectivity index (χ1n) is 4.03. The fourth-order valence-electron chi connectivity index (χ4n) is 1.03. The van der Waals surface area contributed by atoms with Crippen LogP contribution in [0.15, 0.2) is 35.5 Å². The summed E-state index contributed by atoms with van der Waals surface area (Å²) in [6.07, 6.45) is 8.25. The van der Waals surface area contributed by atoms with Crippen LogP contribution in [0.25, 0.3) is 0 Å². The van der Waals surface area contributed by atoms with Crippen LogP contribution in [0.1, 0.15) is 0 Å². The molecule has 2 aliphatic rings. The van der Waals surface area contributed by atoms with E-state index in [1.54, 1.807) is 0 Å². The molecule has 0 aliphatic heterocycles. The van der Waals surface area contributed by atoms with Crippen molar-refractivity contribution >= 4 is 17.6 Å². The lowest BCUT2D eigenvalue weighted by atomic mass is 10.3. The van der Waals surface area contributed by atoms with E-state index >= 15 is 0 Å². The van der Waals surface area contributed by atoms with Crippen molar-refractivity contribution in [3.8, 4) is 0 Å². The van der Waals surface area contributed by atoms with Crippen LogP contribution < -0.4 is 5.73 Å². The molecule has 0 aromatic heterocycles. The standard InChI is InChI=1S/C7H5Cl.C2H7N3O/c8-7-5-1-2-6(7)4-3-5;1-5(6)2(3)4/h1-4,7H;6H,1H3,(H3,3,4). The lowest BCUT2D eigenvalue weighted by Crippen LogP contribution is -2.29. The van der Waals surface area contributed by atoms with E-state index in [-0.39, 0.29) is 11.3 Å². The van der Waals surface area contributed by atoms with Gasteiger partial charge in [-0.3, -0.25) is 10.6 Å². The van der Waals surface area contributed by atoms with Crippen molar-refractivity contribution < 1.29 is 5.21 Å². The second kappa shape index (κ2) is 4.30. The molecule has 0 amide bonds. The third-order valence-corrected chi connectivity index (χ3v) is 2.37. The Morgan fingerprint density at radius 1 is 1.50 bits per heavy atom. The van der Waals surface area contributed by atoms with Gasteiger partial charge in [0.1, 0.15) is 0 Å². The molecule has 0 aromatic carbocycles. The summed E-state index contributed by atoms with van der Waals surface area (Å²) in [5.74, 6) is -0.352. The van der Waals surface area contributed by atoms with E-state index in [4.69, 9.17) is 28.0 Å². The van der Waals surface area contributed by atoms with Crippen molar-refractivity contribution in [3.05, 3.63) is 35.5 Å². The van der Waals surface area contributed by atoms with Gasteiger partial charge in [-0.2, -0.15) is 0 Å². The number of fused-ring (bicyclic) bond motifs is 2. The van der Waals surface area contributed by atoms with Crippen LogP contribution in [0.3, 0.4) is 0 Å². The van der Waals surface area contributed by atoms with E-state index in [0.717, 1.165) is 0 Å². The predicted molar refractivity (Wildman–Crippen MR) is 56.4 cm³/mol. The van der Waals surface area contributed by atoms with E-state index in [9.17, 15) is 0 Å². The number of nitrogens with two attached hydrogens (primary N) is 1. The molecule has 0 unspecified atom stereocenters. The maximum absolute atomic E-state index is 8.11. The number of allylic oxidation sites excluding steroid dienone is 6. The van der Waals surface area contributed by atoms with Crippen molar-refractivity contribution in [3.63, 3.8) is 0 Å². The van der Waals surface area contributed by atoms with Crippen LogP contribution in [-0.4, -0.2) is 28.7 Å². The van der Waals surface area contributed by atoms with E-state index < -0.39 is 0 Å². The zero-order valence-electron chi connectivity index (χ0n) is 7.74. The zero-order valence-corrected chi connectivity index (χ0v) is 8.49. The molecule has 0 spiro atoms. The molecule has 0 fully saturated rings. The quantitative estimate of drug-likeness (QED) is 0.245. The summed E-state index contributed by atoms with van der Waals surface area (Å²) in [6.45, 7) is 0. The Hall–Kier alpha value is -1.26. The molecule has 0 atom stereocenters. The molecule has 5 heteroatoms. The first-order valence-corrected chi connectivity index (χ1v) is 4.46. The number of hydrogen-bond acceptors (Lipinski definition) is 2. The van der Waals surface area contributed by atoms with E-state index in [2.05, 4.69) is 24.3 Å². The molecule has 4 nitrogen and oxygen atoms in total. The van der Waals surface area contributed by atoms with Gasteiger partial charge in [0.15, 0.2) is 0 Å². The highest BCUT2D eigenvalue weighted by Gasteiger charge is 2.21. The number of hydrogen-bond donors (Lipinski definition) is 3. The molecular formula is C9H12ClN3O. The van der Waals surface area contributed by atoms with Crippen LogP contribution in [0.4, 0.5) is 0 Å². The predicted octanol–water partition coefficient (Wildman–Crippen LogP) is 1.23. The minimum atomic E-state index is -0.352. The van der Waals surface area contributed by atoms with Gasteiger partial charge in [0.2, 0.25) is 5.96 Å². The van der Waals surface area contributed by atoms with Crippen molar-refractivity contribution in [2.45, 2.75) is 5.38 Å². The normalized spacial score (nSPS) is 17.1. The third kappa shape index (κ3) is 2.37. The zero-order chi connectivity index (χ0) is 10.7. The summed E-state index contributed by atoms with van der Waals surface area (Å²) >= 11 is 5.88. The maximum atomic E-state index is 8.11. The first-order chi connectivity index (χ1) is 6.52. The molecule has 2 bridgehead atoms. The average molecular weight is 214 g/mol. The summed E-state index contributed by atoms with van der Waals surface area (Å²) in [4.78, 5) is 0. The summed E-state index contributed by atoms with van der Waals surface area (Å²) in [5.41, 5.74) is 7.17. The molecule has 14 heavy (non-hydrogen) atoms. The second-order valence-corrected chi connectivity index (χ2v) is 3.37. The molecule has 2 aliphatic carbocycles. The van der Waals surface area contributed by atoms with Gasteiger partial charge in [0.25, 0.3) is 0 Å². The molecule has 2 rings (SSSR count). The molecule has 0 heterocycles. The van der Waals surface area contributed by atoms with Crippen LogP contribution in [-0.2, 0) is 0 Å². The summed E-state index contributed by atoms with van der Waals surface area (Å²) < 4.78 is 0. The molecule has 0 aromatic rings. The van der Waals surface area contributed by atoms with Crippen LogP contribution in [0, 0.1) is 5.41 Å². The van der Waals surface area contributed by atoms with E-state index in [1.807, 2.05) is 0 Å². The Morgan fingerprint density at radius 2 is 1.86 bits per heavy atom. The Morgan fingerprint density at radius 3 is 1.93 bits per heavy atom. The number of hydroxylamine groups is 2. The largest absolute Gasteiger partial charge is 0.368 e. The molecule has 0 radical (unpaired) electrons. The number of alkyl halides is 1. The van der Waals surface area contributed by atoms with E-state index in [0.29, 0.717) is 5.06 Å². The fourth-order valence-corrected chi connectivity index (χ4v) is 1.32. The van der Waals surface area contributed by atoms with Crippen molar-refractivity contribution in [2.75, 3.05) is 7.05 Å². The molecule has 76 valence electrons. The van der Waals surface area contributed by atoms with Crippen molar-refractivity contribution in [1.29, 1.82) is 5.41 Å². The topological polar surface area (TPSA) is 73.3 Å². The van der Waals surface area contributed by atoms with Crippen molar-refractivity contribution in [1.82, 2.24) is 5.06 Å². The highest BCUT2D eigenvalue weighted by molar-refractivity contribution is 6.25. The van der Waals surface area contributed by atoms with Gasteiger partial charge in [-0.05, 0) is 11.1 Å². The minimum absolute atomic E-state index is 0.176. The number of rotatable bonds is 0. The van der Waals surface area contributed by atoms with Gasteiger partial charge in [0, 0.05) is 7.05 Å². The first kappa shape index (κ1) is 10.8. The lowest BCUT2D eigenvalue weighted by Gasteiger charge is -2.03. The van der Waals surface area contributed by atoms with Gasteiger partial charge in [0.05, 0.1) is 5.38 Å². The number of nitrogens with zero attached hydrogens (tertiary/aromatic N) is 1. The Bertz CT molecular complexity index is 309. The summed E-state index contributed by atoms with van der Waals surface area (Å²) in [5, 5.41) is 15.2. The minimum Gasteiger partial charge on any atom is -0.368 e. The molecule has 0 saturated heterocycles. The smallest absolute Gasteiger partial charge is 0.212 e. The average Bonchev–Trinajstić information content (AvgIpc) is 2.65. The van der Waals surface area contributed by atoms with E-state index in [1.165, 1.54) is 18.2 Å². The molecular weight excluding hydrogens is 202 g/mol. The van der Waals surface area contributed by atoms with Crippen LogP contribution in [0.5, 0.6) is 0 Å². The SMILES string of the molecule is CN(O)C(=N)N.ClC1C2=CC=C1C=C2. The maximum Gasteiger partial charge on any atom is 0.212 e. The number of nitrogens with one attached hydrogen (secondary N) is 1. The van der Waals surface area contributed by atoms with Crippen LogP contribution in [0.2, 0.25) is 0 Å². The van der Waals surface area contributed by atoms with Crippen LogP contribution >= 0.6 is 11.6 Å². The molecule has 4 N–H and O–H groups in total. The monoisotopic (exact) mass is 213 g/mol. The second-order valence-electron chi connectivity index (χ2n) is 2.94. The van der Waals surface area contributed by atoms with Gasteiger partial charge < -0.3 is 5.73 Å². The highest BCUT2D eigenvalue weighted by atomic mass is 35.5. The Kier molecular flexibility index (Phi) is 3.33. The Balaban J connectivity index is 0.000000149. The Labute approximate surface area is 87.4 Å².